The molecule has 0 aromatic rings. The van der Waals surface area contributed by atoms with Crippen LogP contribution >= 0.6 is 23.6 Å². The Bertz CT molecular complexity index is 174. The van der Waals surface area contributed by atoms with Crippen LogP contribution in [0.25, 0.3) is 11.1 Å². The van der Waals surface area contributed by atoms with Gasteiger partial charge in [0.2, 0.25) is 0 Å². The molecule has 0 heterocycles. The van der Waals surface area contributed by atoms with Crippen molar-refractivity contribution in [1.82, 2.24) is 9.89 Å². The number of hydrogen-bond acceptors (Lipinski definition) is 2. The van der Waals surface area contributed by atoms with Crippen LogP contribution < -0.4 is 9.89 Å². The Labute approximate surface area is 69.3 Å². The fourth-order valence-electron chi connectivity index (χ4n) is 0.663. The summed E-state index contributed by atoms with van der Waals surface area (Å²) in [7, 11) is 0. The molecule has 10 heavy (non-hydrogen) atoms. The summed E-state index contributed by atoms with van der Waals surface area (Å²) in [5, 5.41) is 0. The predicted molar refractivity (Wildman–Crippen MR) is 43.4 cm³/mol. The Morgan fingerprint density at radius 1 is 0.800 bits per heavy atom. The molecule has 2 aliphatic rings. The van der Waals surface area contributed by atoms with Gasteiger partial charge >= 0.3 is 0 Å². The zero-order valence-corrected chi connectivity index (χ0v) is 6.58. The first-order valence-corrected chi connectivity index (χ1v) is 3.46. The Balaban J connectivity index is 0.000000112. The third-order valence-electron chi connectivity index (χ3n) is 1.25. The average molecular weight is 177 g/mol. The highest BCUT2D eigenvalue weighted by molar-refractivity contribution is 6.19. The van der Waals surface area contributed by atoms with E-state index in [-0.39, 0.29) is 0 Å². The van der Waals surface area contributed by atoms with Crippen molar-refractivity contribution < 1.29 is 0 Å². The van der Waals surface area contributed by atoms with Crippen LogP contribution in [0.2, 0.25) is 0 Å². The molecular weight excluding hydrogens is 171 g/mol. The normalized spacial score (nSPS) is 9.80. The number of fused-ring (bicyclic) bond motifs is 1. The number of nitrogens with one attached hydrogen (secondary N) is 2. The monoisotopic (exact) mass is 176 g/mol. The first kappa shape index (κ1) is 7.82. The van der Waals surface area contributed by atoms with E-state index >= 15 is 0 Å². The van der Waals surface area contributed by atoms with Crippen LogP contribution in [0.5, 0.6) is 0 Å². The summed E-state index contributed by atoms with van der Waals surface area (Å²) in [6, 6.07) is 8.48. The summed E-state index contributed by atoms with van der Waals surface area (Å²) < 4.78 is 0. The van der Waals surface area contributed by atoms with Gasteiger partial charge in [0.25, 0.3) is 0 Å². The van der Waals surface area contributed by atoms with Crippen LogP contribution in [-0.4, -0.2) is 0 Å². The van der Waals surface area contributed by atoms with Gasteiger partial charge < -0.3 is 0 Å². The second kappa shape index (κ2) is 3.78. The van der Waals surface area contributed by atoms with E-state index in [2.05, 4.69) is 24.3 Å². The van der Waals surface area contributed by atoms with Crippen molar-refractivity contribution in [2.24, 2.45) is 0 Å². The van der Waals surface area contributed by atoms with E-state index in [0.29, 0.717) is 0 Å². The van der Waals surface area contributed by atoms with Crippen LogP contribution in [0.1, 0.15) is 0 Å². The molecule has 2 rings (SSSR count). The van der Waals surface area contributed by atoms with Gasteiger partial charge in [-0.3, -0.25) is 0 Å². The van der Waals surface area contributed by atoms with E-state index in [1.807, 2.05) is 9.89 Å². The van der Waals surface area contributed by atoms with E-state index in [9.17, 15) is 0 Å². The summed E-state index contributed by atoms with van der Waals surface area (Å²) in [4.78, 5) is 3.84. The third kappa shape index (κ3) is 1.61. The average Bonchev–Trinajstić information content (AvgIpc) is 1.97. The summed E-state index contributed by atoms with van der Waals surface area (Å²) in [5.41, 5.74) is 2.85. The van der Waals surface area contributed by atoms with E-state index in [1.165, 1.54) is 11.1 Å². The van der Waals surface area contributed by atoms with Gasteiger partial charge in [-0.15, -0.1) is 0 Å². The maximum absolute atomic E-state index is 4.69. The minimum Gasteiger partial charge on any atom is -0.155 e. The molecule has 4 heteroatoms. The molecule has 0 radical (unpaired) electrons. The first-order chi connectivity index (χ1) is 4.88. The third-order valence-corrected chi connectivity index (χ3v) is 1.54. The van der Waals surface area contributed by atoms with E-state index in [1.54, 1.807) is 0 Å². The van der Waals surface area contributed by atoms with Gasteiger partial charge in [-0.25, -0.2) is 0 Å². The summed E-state index contributed by atoms with van der Waals surface area (Å²) in [5.74, 6) is 0. The SMILES string of the molecule is ClNNCl.c1cc2ccc1-2. The molecule has 2 nitrogen and oxygen atoms in total. The van der Waals surface area contributed by atoms with E-state index in [4.69, 9.17) is 23.6 Å². The molecule has 2 aliphatic carbocycles. The summed E-state index contributed by atoms with van der Waals surface area (Å²) >= 11 is 9.39. The van der Waals surface area contributed by atoms with Crippen LogP contribution in [-0.2, 0) is 0 Å². The first-order valence-electron chi connectivity index (χ1n) is 2.70. The van der Waals surface area contributed by atoms with Crippen molar-refractivity contribution in [2.45, 2.75) is 0 Å². The van der Waals surface area contributed by atoms with Crippen LogP contribution in [0.15, 0.2) is 24.3 Å². The lowest BCUT2D eigenvalue weighted by atomic mass is 9.95. The second-order valence-corrected chi connectivity index (χ2v) is 2.14. The summed E-state index contributed by atoms with van der Waals surface area (Å²) in [6.45, 7) is 0. The maximum atomic E-state index is 4.69. The predicted octanol–water partition coefficient (Wildman–Crippen LogP) is 2.06. The lowest BCUT2D eigenvalue weighted by molar-refractivity contribution is 0.969. The largest absolute Gasteiger partial charge is 0.155 e. The summed E-state index contributed by atoms with van der Waals surface area (Å²) in [6.07, 6.45) is 0. The zero-order valence-electron chi connectivity index (χ0n) is 5.07. The fraction of sp³-hybridized carbons (Fsp3) is 0. The van der Waals surface area contributed by atoms with Crippen LogP contribution in [0, 0.1) is 0 Å². The van der Waals surface area contributed by atoms with Crippen molar-refractivity contribution in [1.29, 1.82) is 0 Å². The number of halogens is 2. The quantitative estimate of drug-likeness (QED) is 0.514. The van der Waals surface area contributed by atoms with Crippen LogP contribution in [0.3, 0.4) is 0 Å². The highest BCUT2D eigenvalue weighted by atomic mass is 35.5. The molecule has 0 spiro atoms. The highest BCUT2D eigenvalue weighted by Crippen LogP contribution is 2.29. The fourth-order valence-corrected chi connectivity index (χ4v) is 0.663. The van der Waals surface area contributed by atoms with E-state index < -0.39 is 0 Å². The van der Waals surface area contributed by atoms with Crippen LogP contribution in [0.4, 0.5) is 0 Å². The Kier molecular flexibility index (Phi) is 2.96. The van der Waals surface area contributed by atoms with Crippen molar-refractivity contribution >= 4 is 23.6 Å². The van der Waals surface area contributed by atoms with Crippen molar-refractivity contribution in [3.63, 3.8) is 0 Å². The topological polar surface area (TPSA) is 24.1 Å². The molecule has 0 bridgehead atoms. The molecule has 0 amide bonds. The van der Waals surface area contributed by atoms with Gasteiger partial charge in [0.15, 0.2) is 0 Å². The lowest BCUT2D eigenvalue weighted by Gasteiger charge is -2.10. The van der Waals surface area contributed by atoms with Gasteiger partial charge in [-0.2, -0.15) is 9.89 Å². The Hall–Kier alpha value is -0.280. The molecule has 54 valence electrons. The Morgan fingerprint density at radius 3 is 1.10 bits per heavy atom. The highest BCUT2D eigenvalue weighted by Gasteiger charge is 2.03. The van der Waals surface area contributed by atoms with E-state index in [0.717, 1.165) is 0 Å². The number of hydrogen-bond donors (Lipinski definition) is 2. The molecule has 0 saturated heterocycles. The standard InChI is InChI=1S/C6H4.Cl2H2N2/c1-2-6-4-3-5(1)6;1-3-4-2/h1-4H;3-4H. The zero-order chi connectivity index (χ0) is 7.40. The van der Waals surface area contributed by atoms with Gasteiger partial charge in [0.05, 0.1) is 0 Å². The number of rotatable bonds is 1. The second-order valence-electron chi connectivity index (χ2n) is 1.77. The van der Waals surface area contributed by atoms with Crippen molar-refractivity contribution in [2.75, 3.05) is 0 Å². The molecule has 0 fully saturated rings. The minimum atomic E-state index is 1.43. The molecule has 0 unspecified atom stereocenters. The van der Waals surface area contributed by atoms with Crippen molar-refractivity contribution in [3.8, 4) is 11.1 Å². The Morgan fingerprint density at radius 2 is 1.10 bits per heavy atom. The van der Waals surface area contributed by atoms with Gasteiger partial charge in [-0.05, 0) is 34.7 Å². The molecule has 0 saturated carbocycles. The molecule has 2 N–H and O–H groups in total. The minimum absolute atomic E-state index is 1.43. The smallest absolute Gasteiger partial charge is 0.00763 e. The maximum Gasteiger partial charge on any atom is -0.00763 e. The number of hydrazine groups is 1. The van der Waals surface area contributed by atoms with Gasteiger partial charge in [0, 0.05) is 0 Å². The van der Waals surface area contributed by atoms with Gasteiger partial charge in [-0.1, -0.05) is 24.3 Å². The molecule has 0 aromatic carbocycles. The molecule has 0 atom stereocenters. The molecular formula is C6H6Cl2N2. The molecule has 0 aromatic heterocycles. The van der Waals surface area contributed by atoms with Crippen molar-refractivity contribution in [3.05, 3.63) is 24.3 Å². The van der Waals surface area contributed by atoms with Gasteiger partial charge in [0.1, 0.15) is 0 Å². The lowest BCUT2D eigenvalue weighted by Crippen LogP contribution is -2.07. The number of benzene rings is 1. The molecule has 0 aliphatic heterocycles.